The predicted octanol–water partition coefficient (Wildman–Crippen LogP) is 12.2. The molecule has 0 radical (unpaired) electrons. The zero-order valence-electron chi connectivity index (χ0n) is 32.2. The molecule has 7 aromatic carbocycles. The van der Waals surface area contributed by atoms with Crippen LogP contribution in [0.4, 0.5) is 0 Å². The largest absolute Gasteiger partial charge is 0.457 e. The number of allylic oxidation sites excluding steroid dienone is 1. The summed E-state index contributed by atoms with van der Waals surface area (Å²) < 4.78 is 11.0. The Hall–Kier alpha value is -7.15. The van der Waals surface area contributed by atoms with Crippen LogP contribution in [0.3, 0.4) is 0 Å². The van der Waals surface area contributed by atoms with Crippen LogP contribution in [0.1, 0.15) is 50.6 Å². The lowest BCUT2D eigenvalue weighted by Gasteiger charge is -2.33. The third-order valence-electron chi connectivity index (χ3n) is 13.9. The normalized spacial score (nSPS) is 18.1. The molecular formula is C54H34N4OS. The lowest BCUT2D eigenvalue weighted by atomic mass is 9.71. The van der Waals surface area contributed by atoms with Crippen molar-refractivity contribution in [3.8, 4) is 56.4 Å². The molecular weight excluding hydrogens is 753 g/mol. The van der Waals surface area contributed by atoms with E-state index in [4.69, 9.17) is 14.9 Å². The van der Waals surface area contributed by atoms with Crippen LogP contribution in [0.25, 0.3) is 44.9 Å². The first-order chi connectivity index (χ1) is 29.8. The molecule has 1 aliphatic heterocycles. The van der Waals surface area contributed by atoms with Crippen LogP contribution in [0.2, 0.25) is 0 Å². The van der Waals surface area contributed by atoms with E-state index in [1.165, 1.54) is 72.5 Å². The van der Waals surface area contributed by atoms with E-state index in [1.54, 1.807) is 0 Å². The van der Waals surface area contributed by atoms with Gasteiger partial charge in [0, 0.05) is 40.0 Å². The molecule has 5 nitrogen and oxygen atoms in total. The van der Waals surface area contributed by atoms with Gasteiger partial charge in [0.25, 0.3) is 0 Å². The SMILES string of the molecule is C1=CC2c3c(cnn3-c3cccc(Oc4cccc(-n5ncc6c5-c5ccccc5C65c6ccccc6-c6ccccc65)c4)c3)C3(c4ccccc4-c4ccccc43)C2S1. The van der Waals surface area contributed by atoms with Crippen LogP contribution < -0.4 is 4.74 Å². The minimum Gasteiger partial charge on any atom is -0.457 e. The highest BCUT2D eigenvalue weighted by molar-refractivity contribution is 8.03. The monoisotopic (exact) mass is 786 g/mol. The van der Waals surface area contributed by atoms with Gasteiger partial charge in [-0.15, -0.1) is 11.8 Å². The van der Waals surface area contributed by atoms with E-state index >= 15 is 0 Å². The first-order valence-corrected chi connectivity index (χ1v) is 21.6. The van der Waals surface area contributed by atoms with Crippen LogP contribution in [0.15, 0.2) is 194 Å². The Bertz CT molecular complexity index is 3240. The van der Waals surface area contributed by atoms with Crippen molar-refractivity contribution in [1.82, 2.24) is 19.6 Å². The summed E-state index contributed by atoms with van der Waals surface area (Å²) in [7, 11) is 0. The van der Waals surface area contributed by atoms with E-state index in [0.29, 0.717) is 5.25 Å². The number of ether oxygens (including phenoxy) is 1. The Labute approximate surface area is 351 Å². The molecule has 282 valence electrons. The summed E-state index contributed by atoms with van der Waals surface area (Å²) in [6.07, 6.45) is 6.60. The minimum absolute atomic E-state index is 0.222. The molecule has 2 atom stereocenters. The van der Waals surface area contributed by atoms with Gasteiger partial charge in [-0.05, 0) is 79.7 Å². The highest BCUT2D eigenvalue weighted by Crippen LogP contribution is 2.67. The van der Waals surface area contributed by atoms with Crippen molar-refractivity contribution in [1.29, 1.82) is 0 Å². The Morgan fingerprint density at radius 3 is 1.57 bits per heavy atom. The van der Waals surface area contributed by atoms with E-state index < -0.39 is 5.41 Å². The van der Waals surface area contributed by atoms with Gasteiger partial charge in [0.1, 0.15) is 11.5 Å². The van der Waals surface area contributed by atoms with Crippen LogP contribution in [-0.4, -0.2) is 24.8 Å². The Morgan fingerprint density at radius 1 is 0.467 bits per heavy atom. The molecule has 0 fully saturated rings. The number of hydrogen-bond donors (Lipinski definition) is 0. The Kier molecular flexibility index (Phi) is 6.41. The van der Waals surface area contributed by atoms with Gasteiger partial charge in [0.05, 0.1) is 46.0 Å². The van der Waals surface area contributed by atoms with Crippen molar-refractivity contribution < 1.29 is 4.74 Å². The first kappa shape index (κ1) is 32.8. The van der Waals surface area contributed by atoms with Crippen molar-refractivity contribution in [3.05, 3.63) is 238 Å². The Balaban J connectivity index is 0.849. The van der Waals surface area contributed by atoms with Gasteiger partial charge in [-0.3, -0.25) is 0 Å². The number of rotatable bonds is 4. The second-order valence-corrected chi connectivity index (χ2v) is 17.5. The van der Waals surface area contributed by atoms with Gasteiger partial charge in [-0.1, -0.05) is 140 Å². The van der Waals surface area contributed by atoms with Gasteiger partial charge in [0.15, 0.2) is 0 Å². The van der Waals surface area contributed by atoms with Gasteiger partial charge in [-0.25, -0.2) is 9.36 Å². The number of hydrogen-bond acceptors (Lipinski definition) is 4. The molecule has 2 unspecified atom stereocenters. The fourth-order valence-corrected chi connectivity index (χ4v) is 13.2. The predicted molar refractivity (Wildman–Crippen MR) is 239 cm³/mol. The van der Waals surface area contributed by atoms with Gasteiger partial charge < -0.3 is 4.74 Å². The van der Waals surface area contributed by atoms with E-state index in [1.807, 2.05) is 23.9 Å². The van der Waals surface area contributed by atoms with Crippen molar-refractivity contribution in [2.75, 3.05) is 0 Å². The van der Waals surface area contributed by atoms with Crippen molar-refractivity contribution in [2.45, 2.75) is 22.0 Å². The minimum atomic E-state index is -0.435. The summed E-state index contributed by atoms with van der Waals surface area (Å²) in [5.41, 5.74) is 19.2. The second-order valence-electron chi connectivity index (χ2n) is 16.5. The average molecular weight is 787 g/mol. The third-order valence-corrected chi connectivity index (χ3v) is 15.1. The smallest absolute Gasteiger partial charge is 0.129 e. The van der Waals surface area contributed by atoms with Crippen LogP contribution in [0.5, 0.6) is 11.5 Å². The molecule has 0 saturated carbocycles. The molecule has 3 heterocycles. The fraction of sp³-hybridized carbons (Fsp3) is 0.0741. The van der Waals surface area contributed by atoms with E-state index in [0.717, 1.165) is 28.6 Å². The van der Waals surface area contributed by atoms with Crippen molar-refractivity contribution in [2.24, 2.45) is 0 Å². The first-order valence-electron chi connectivity index (χ1n) is 20.6. The highest BCUT2D eigenvalue weighted by Gasteiger charge is 2.60. The molecule has 0 amide bonds. The topological polar surface area (TPSA) is 44.9 Å². The maximum absolute atomic E-state index is 6.72. The molecule has 0 saturated heterocycles. The number of nitrogens with zero attached hydrogens (tertiary/aromatic N) is 4. The maximum atomic E-state index is 6.72. The summed E-state index contributed by atoms with van der Waals surface area (Å²) in [6.45, 7) is 0. The van der Waals surface area contributed by atoms with E-state index in [2.05, 4.69) is 191 Å². The van der Waals surface area contributed by atoms with Crippen molar-refractivity contribution >= 4 is 11.8 Å². The lowest BCUT2D eigenvalue weighted by molar-refractivity contribution is 0.481. The molecule has 2 spiro atoms. The van der Waals surface area contributed by atoms with Crippen LogP contribution in [-0.2, 0) is 10.8 Å². The quantitative estimate of drug-likeness (QED) is 0.178. The molecule has 14 rings (SSSR count). The molecule has 4 aliphatic carbocycles. The molecule has 5 aliphatic rings. The standard InChI is InChI=1S/C54H34N4OS/c1-6-22-43-37(17-1)38-18-2-7-23-44(38)53(43)47-26-10-5-21-41(47)50-48(53)31-55-57(50)33-13-11-15-35(29-33)59-36-16-12-14-34(30-36)58-51-42-27-28-60-52(42)54(49(51)32-56-58)45-24-8-3-19-39(45)40-20-4-9-25-46(40)54/h1-32,42,52H. The molecule has 2 aromatic heterocycles. The number of aromatic nitrogens is 4. The summed E-state index contributed by atoms with van der Waals surface area (Å²) in [4.78, 5) is 0. The van der Waals surface area contributed by atoms with Crippen LogP contribution >= 0.6 is 11.8 Å². The van der Waals surface area contributed by atoms with Crippen molar-refractivity contribution in [3.63, 3.8) is 0 Å². The lowest BCUT2D eigenvalue weighted by Crippen LogP contribution is -2.34. The third kappa shape index (κ3) is 3.91. The van der Waals surface area contributed by atoms with E-state index in [-0.39, 0.29) is 11.3 Å². The molecule has 0 N–H and O–H groups in total. The maximum Gasteiger partial charge on any atom is 0.129 e. The highest BCUT2D eigenvalue weighted by atomic mass is 32.2. The molecule has 0 bridgehead atoms. The zero-order valence-corrected chi connectivity index (χ0v) is 33.1. The van der Waals surface area contributed by atoms with E-state index in [9.17, 15) is 0 Å². The summed E-state index contributed by atoms with van der Waals surface area (Å²) in [6, 6.07) is 61.2. The molecule has 9 aromatic rings. The summed E-state index contributed by atoms with van der Waals surface area (Å²) >= 11 is 1.96. The van der Waals surface area contributed by atoms with Gasteiger partial charge >= 0.3 is 0 Å². The van der Waals surface area contributed by atoms with Gasteiger partial charge in [0.2, 0.25) is 0 Å². The van der Waals surface area contributed by atoms with Crippen LogP contribution in [0, 0.1) is 0 Å². The number of fused-ring (bicyclic) bond motifs is 20. The number of benzene rings is 7. The zero-order chi connectivity index (χ0) is 39.2. The fourth-order valence-electron chi connectivity index (χ4n) is 11.8. The number of thioether (sulfide) groups is 1. The Morgan fingerprint density at radius 2 is 0.950 bits per heavy atom. The van der Waals surface area contributed by atoms with Gasteiger partial charge in [-0.2, -0.15) is 10.2 Å². The molecule has 6 heteroatoms. The average Bonchev–Trinajstić information content (AvgIpc) is 4.17. The second kappa shape index (κ2) is 11.7. The summed E-state index contributed by atoms with van der Waals surface area (Å²) in [5, 5.41) is 12.9. The summed E-state index contributed by atoms with van der Waals surface area (Å²) in [5.74, 6) is 1.71. The molecule has 60 heavy (non-hydrogen) atoms.